The molecule has 3 heterocycles. The number of hydrogen-bond donors (Lipinski definition) is 7. The highest BCUT2D eigenvalue weighted by Gasteiger charge is 2.38. The summed E-state index contributed by atoms with van der Waals surface area (Å²) in [6.07, 6.45) is 4.55. The van der Waals surface area contributed by atoms with Gasteiger partial charge in [0.2, 0.25) is 23.6 Å². The Kier molecular flexibility index (Phi) is 15.2. The predicted molar refractivity (Wildman–Crippen MR) is 255 cm³/mol. The van der Waals surface area contributed by atoms with Crippen LogP contribution in [0.25, 0.3) is 0 Å². The lowest BCUT2D eigenvalue weighted by Crippen LogP contribution is -2.56. The Labute approximate surface area is 391 Å². The lowest BCUT2D eigenvalue weighted by molar-refractivity contribution is -0.142. The van der Waals surface area contributed by atoms with Gasteiger partial charge in [-0.2, -0.15) is 0 Å². The maximum Gasteiger partial charge on any atom is 0.269 e. The molecule has 4 atom stereocenters. The first-order valence-electron chi connectivity index (χ1n) is 23.0. The number of hydrogen-bond acceptors (Lipinski definition) is 10. The molecule has 4 unspecified atom stereocenters. The summed E-state index contributed by atoms with van der Waals surface area (Å²) in [6.45, 7) is 8.56. The lowest BCUT2D eigenvalue weighted by atomic mass is 9.91. The van der Waals surface area contributed by atoms with E-state index in [2.05, 4.69) is 20.6 Å². The first kappa shape index (κ1) is 48.1. The summed E-state index contributed by atoms with van der Waals surface area (Å²) in [6, 6.07) is 18.8. The number of fused-ring (bicyclic) bond motifs is 2. The van der Waals surface area contributed by atoms with Crippen molar-refractivity contribution in [3.05, 3.63) is 156 Å². The molecule has 15 nitrogen and oxygen atoms in total. The van der Waals surface area contributed by atoms with Crippen LogP contribution < -0.4 is 27.7 Å². The zero-order valence-corrected chi connectivity index (χ0v) is 38.7. The molecule has 0 radical (unpaired) electrons. The minimum atomic E-state index is -0.895. The number of amides is 4. The normalized spacial score (nSPS) is 16.4. The van der Waals surface area contributed by atoms with Crippen LogP contribution in [-0.4, -0.2) is 90.9 Å². The fourth-order valence-corrected chi connectivity index (χ4v) is 9.57. The van der Waals surface area contributed by atoms with E-state index in [9.17, 15) is 34.2 Å². The van der Waals surface area contributed by atoms with E-state index >= 15 is 0 Å². The number of nitrogens with two attached hydrogens (primary N) is 2. The van der Waals surface area contributed by atoms with Crippen LogP contribution >= 0.6 is 0 Å². The summed E-state index contributed by atoms with van der Waals surface area (Å²) in [7, 11) is 0. The summed E-state index contributed by atoms with van der Waals surface area (Å²) in [4.78, 5) is 78.8. The number of carbonyl (C=O) groups is 4. The smallest absolute Gasteiger partial charge is 0.269 e. The SMILES string of the molecule is Cc1cc(O)cc(C)c1CC(N)C(=O)N1Cc2ccccc2CC1C(=O)NCCCc1cnc(CCCNC(=O)C2Cc3ccccc3CN2C(=O)C(N)Cc2c(C)cc(O)cc2C)c(=O)[nH]1. The van der Waals surface area contributed by atoms with Gasteiger partial charge in [-0.15, -0.1) is 0 Å². The van der Waals surface area contributed by atoms with Gasteiger partial charge in [-0.05, 0) is 146 Å². The molecule has 9 N–H and O–H groups in total. The van der Waals surface area contributed by atoms with E-state index in [1.807, 2.05) is 76.2 Å². The van der Waals surface area contributed by atoms with Gasteiger partial charge < -0.3 is 47.1 Å². The third-order valence-corrected chi connectivity index (χ3v) is 13.2. The van der Waals surface area contributed by atoms with E-state index in [0.717, 1.165) is 55.6 Å². The summed E-state index contributed by atoms with van der Waals surface area (Å²) in [5, 5.41) is 26.0. The monoisotopic (exact) mass is 910 g/mol. The second kappa shape index (κ2) is 21.2. The van der Waals surface area contributed by atoms with Crippen molar-refractivity contribution >= 4 is 23.6 Å². The molecule has 0 aliphatic carbocycles. The van der Waals surface area contributed by atoms with Crippen LogP contribution in [0.15, 0.2) is 83.8 Å². The molecule has 15 heteroatoms. The van der Waals surface area contributed by atoms with Crippen LogP contribution in [0.3, 0.4) is 0 Å². The first-order chi connectivity index (χ1) is 32.1. The van der Waals surface area contributed by atoms with E-state index in [1.54, 1.807) is 40.3 Å². The number of aromatic amines is 1. The van der Waals surface area contributed by atoms with Crippen molar-refractivity contribution in [1.29, 1.82) is 0 Å². The Hall–Kier alpha value is -6.84. The number of phenolic OH excluding ortho intramolecular Hbond substituents is 2. The van der Waals surface area contributed by atoms with Gasteiger partial charge >= 0.3 is 0 Å². The van der Waals surface area contributed by atoms with Crippen molar-refractivity contribution in [1.82, 2.24) is 30.4 Å². The van der Waals surface area contributed by atoms with Crippen molar-refractivity contribution in [3.8, 4) is 11.5 Å². The van der Waals surface area contributed by atoms with Crippen molar-refractivity contribution < 1.29 is 29.4 Å². The molecule has 5 aromatic rings. The molecule has 0 spiro atoms. The van der Waals surface area contributed by atoms with Crippen LogP contribution in [0.1, 0.15) is 79.9 Å². The molecule has 2 aliphatic heterocycles. The molecule has 1 aromatic heterocycles. The molecule has 4 amide bonds. The van der Waals surface area contributed by atoms with Gasteiger partial charge in [0.1, 0.15) is 29.3 Å². The molecule has 67 heavy (non-hydrogen) atoms. The average molecular weight is 911 g/mol. The van der Waals surface area contributed by atoms with E-state index in [-0.39, 0.29) is 73.2 Å². The van der Waals surface area contributed by atoms with Gasteiger partial charge in [0.25, 0.3) is 5.56 Å². The Morgan fingerprint density at radius 2 is 1.07 bits per heavy atom. The second-order valence-electron chi connectivity index (χ2n) is 18.1. The minimum absolute atomic E-state index is 0.152. The molecular formula is C52H62N8O7. The number of H-pyrrole nitrogens is 1. The van der Waals surface area contributed by atoms with E-state index in [0.29, 0.717) is 56.5 Å². The van der Waals surface area contributed by atoms with E-state index in [4.69, 9.17) is 11.5 Å². The summed E-state index contributed by atoms with van der Waals surface area (Å²) >= 11 is 0. The van der Waals surface area contributed by atoms with Crippen LogP contribution in [0.5, 0.6) is 11.5 Å². The second-order valence-corrected chi connectivity index (χ2v) is 18.1. The van der Waals surface area contributed by atoms with Crippen molar-refractivity contribution in [3.63, 3.8) is 0 Å². The van der Waals surface area contributed by atoms with E-state index < -0.39 is 24.2 Å². The average Bonchev–Trinajstić information content (AvgIpc) is 3.30. The number of benzene rings is 4. The standard InChI is InChI=1S/C52H62N8O7/c1-30-19-39(61)20-31(2)41(30)25-43(53)51(66)59-28-36-13-7-5-11-34(36)23-46(59)49(64)55-17-9-15-38-27-57-45(48(63)58-38)16-10-18-56-50(65)47-24-35-12-6-8-14-37(35)29-60(47)52(67)44(54)26-42-32(3)21-40(62)22-33(42)4/h5-8,11-14,19-22,27,43-44,46-47,61-62H,9-10,15-18,23-26,28-29,53-54H2,1-4H3,(H,55,64)(H,56,65)(H,58,63). The van der Waals surface area contributed by atoms with Gasteiger partial charge in [-0.3, -0.25) is 29.0 Å². The van der Waals surface area contributed by atoms with Crippen molar-refractivity contribution in [2.45, 2.75) is 116 Å². The number of nitrogens with zero attached hydrogens (tertiary/aromatic N) is 3. The predicted octanol–water partition coefficient (Wildman–Crippen LogP) is 3.56. The molecular weight excluding hydrogens is 849 g/mol. The van der Waals surface area contributed by atoms with Gasteiger partial charge in [-0.1, -0.05) is 48.5 Å². The van der Waals surface area contributed by atoms with Gasteiger partial charge in [0, 0.05) is 50.9 Å². The molecule has 4 aromatic carbocycles. The fraction of sp³-hybridized carbons (Fsp3) is 0.385. The maximum atomic E-state index is 13.9. The zero-order valence-electron chi connectivity index (χ0n) is 38.7. The third kappa shape index (κ3) is 11.4. The highest BCUT2D eigenvalue weighted by Crippen LogP contribution is 2.28. The van der Waals surface area contributed by atoms with E-state index in [1.165, 1.54) is 0 Å². The maximum absolute atomic E-state index is 13.9. The Bertz CT molecular complexity index is 2670. The number of rotatable bonds is 16. The molecule has 0 bridgehead atoms. The number of aromatic nitrogens is 2. The van der Waals surface area contributed by atoms with Gasteiger partial charge in [0.05, 0.1) is 12.1 Å². The lowest BCUT2D eigenvalue weighted by Gasteiger charge is -2.37. The van der Waals surface area contributed by atoms with Gasteiger partial charge in [0.15, 0.2) is 0 Å². The molecule has 2 aliphatic rings. The third-order valence-electron chi connectivity index (χ3n) is 13.2. The van der Waals surface area contributed by atoms with Crippen molar-refractivity contribution in [2.24, 2.45) is 11.5 Å². The highest BCUT2D eigenvalue weighted by molar-refractivity contribution is 5.91. The Morgan fingerprint density at radius 1 is 0.672 bits per heavy atom. The zero-order chi connectivity index (χ0) is 47.9. The Morgan fingerprint density at radius 3 is 1.49 bits per heavy atom. The largest absolute Gasteiger partial charge is 0.508 e. The number of aromatic hydroxyl groups is 2. The fourth-order valence-electron chi connectivity index (χ4n) is 9.57. The minimum Gasteiger partial charge on any atom is -0.508 e. The summed E-state index contributed by atoms with van der Waals surface area (Å²) < 4.78 is 0. The quantitative estimate of drug-likeness (QED) is 0.0711. The molecule has 352 valence electrons. The summed E-state index contributed by atoms with van der Waals surface area (Å²) in [5.41, 5.74) is 22.7. The highest BCUT2D eigenvalue weighted by atomic mass is 16.3. The molecule has 7 rings (SSSR count). The molecule has 0 saturated carbocycles. The summed E-state index contributed by atoms with van der Waals surface area (Å²) in [5.74, 6) is -0.935. The number of aryl methyl sites for hydroxylation is 6. The topological polar surface area (TPSA) is 237 Å². The molecule has 0 saturated heterocycles. The van der Waals surface area contributed by atoms with Crippen LogP contribution in [0, 0.1) is 27.7 Å². The number of nitrogens with one attached hydrogen (secondary N) is 3. The van der Waals surface area contributed by atoms with Crippen LogP contribution in [0.2, 0.25) is 0 Å². The molecule has 0 fully saturated rings. The number of phenols is 2. The van der Waals surface area contributed by atoms with Gasteiger partial charge in [-0.25, -0.2) is 0 Å². The van der Waals surface area contributed by atoms with Crippen LogP contribution in [-0.2, 0) is 70.8 Å². The Balaban J connectivity index is 0.895. The van der Waals surface area contributed by atoms with Crippen molar-refractivity contribution in [2.75, 3.05) is 13.1 Å². The number of carbonyl (C=O) groups excluding carboxylic acids is 4. The first-order valence-corrected chi connectivity index (χ1v) is 23.0. The van der Waals surface area contributed by atoms with Crippen LogP contribution in [0.4, 0.5) is 0 Å².